The number of nitrogens with one attached hydrogen (secondary N) is 1. The number of methoxy groups -OCH3 is 3. The molecule has 0 fully saturated rings. The number of aryl methyl sites for hydroxylation is 1. The van der Waals surface area contributed by atoms with Gasteiger partial charge < -0.3 is 14.2 Å². The molecule has 4 rings (SSSR count). The van der Waals surface area contributed by atoms with Crippen LogP contribution in [0.2, 0.25) is 0 Å². The van der Waals surface area contributed by atoms with Gasteiger partial charge in [0.1, 0.15) is 17.2 Å². The van der Waals surface area contributed by atoms with E-state index in [0.717, 1.165) is 16.8 Å². The number of amides is 1. The highest BCUT2D eigenvalue weighted by molar-refractivity contribution is 7.99. The second kappa shape index (κ2) is 12.9. The zero-order valence-corrected chi connectivity index (χ0v) is 25.2. The third-order valence-corrected chi connectivity index (χ3v) is 7.33. The molecule has 0 aliphatic rings. The Hall–Kier alpha value is -4.31. The highest BCUT2D eigenvalue weighted by Crippen LogP contribution is 2.33. The lowest BCUT2D eigenvalue weighted by Gasteiger charge is -2.19. The number of aromatic nitrogens is 3. The van der Waals surface area contributed by atoms with Crippen molar-refractivity contribution < 1.29 is 19.0 Å². The number of benzene rings is 3. The summed E-state index contributed by atoms with van der Waals surface area (Å²) < 4.78 is 18.1. The molecule has 0 radical (unpaired) electrons. The highest BCUT2D eigenvalue weighted by atomic mass is 32.2. The Morgan fingerprint density at radius 1 is 0.951 bits per heavy atom. The predicted octanol–water partition coefficient (Wildman–Crippen LogP) is 5.81. The summed E-state index contributed by atoms with van der Waals surface area (Å²) in [6.07, 6.45) is 1.48. The first-order valence-corrected chi connectivity index (χ1v) is 14.0. The second-order valence-electron chi connectivity index (χ2n) is 10.3. The topological polar surface area (TPSA) is 99.9 Å². The summed E-state index contributed by atoms with van der Waals surface area (Å²) in [6.45, 7) is 8.60. The lowest BCUT2D eigenvalue weighted by molar-refractivity contribution is -0.118. The Labute approximate surface area is 244 Å². The Morgan fingerprint density at radius 3 is 2.15 bits per heavy atom. The molecule has 10 heteroatoms. The summed E-state index contributed by atoms with van der Waals surface area (Å²) in [4.78, 5) is 12.7. The third-order valence-electron chi connectivity index (χ3n) is 6.40. The minimum Gasteiger partial charge on any atom is -0.496 e. The number of ether oxygens (including phenoxy) is 3. The van der Waals surface area contributed by atoms with Crippen molar-refractivity contribution >= 4 is 23.9 Å². The van der Waals surface area contributed by atoms with E-state index >= 15 is 0 Å². The first-order valence-electron chi connectivity index (χ1n) is 13.0. The normalized spacial score (nSPS) is 11.5. The molecule has 0 saturated heterocycles. The van der Waals surface area contributed by atoms with Gasteiger partial charge in [-0.25, -0.2) is 5.43 Å². The fourth-order valence-electron chi connectivity index (χ4n) is 4.09. The van der Waals surface area contributed by atoms with Crippen molar-refractivity contribution in [3.05, 3.63) is 77.4 Å². The van der Waals surface area contributed by atoms with Crippen molar-refractivity contribution in [2.24, 2.45) is 5.10 Å². The van der Waals surface area contributed by atoms with Crippen LogP contribution in [-0.2, 0) is 10.2 Å². The molecule has 9 nitrogen and oxygen atoms in total. The van der Waals surface area contributed by atoms with Crippen LogP contribution >= 0.6 is 11.8 Å². The van der Waals surface area contributed by atoms with Crippen LogP contribution in [0.3, 0.4) is 0 Å². The van der Waals surface area contributed by atoms with E-state index in [1.165, 1.54) is 37.8 Å². The van der Waals surface area contributed by atoms with Gasteiger partial charge in [0.05, 0.1) is 38.9 Å². The maximum Gasteiger partial charge on any atom is 0.250 e. The smallest absolute Gasteiger partial charge is 0.250 e. The summed E-state index contributed by atoms with van der Waals surface area (Å²) in [5.74, 6) is 2.08. The molecule has 0 unspecified atom stereocenters. The van der Waals surface area contributed by atoms with Gasteiger partial charge in [-0.2, -0.15) is 5.10 Å². The van der Waals surface area contributed by atoms with Crippen LogP contribution in [0.5, 0.6) is 17.2 Å². The van der Waals surface area contributed by atoms with Crippen molar-refractivity contribution in [2.75, 3.05) is 27.1 Å². The molecule has 1 heterocycles. The van der Waals surface area contributed by atoms with Crippen LogP contribution < -0.4 is 19.6 Å². The maximum absolute atomic E-state index is 12.7. The summed E-state index contributed by atoms with van der Waals surface area (Å²) in [7, 11) is 4.64. The number of carbonyl (C=O) groups is 1. The standard InChI is InChI=1S/C31H35N5O4S/c1-20-8-14-23(15-9-20)36-29(21-10-12-22(13-11-21)31(2,3)4)34-35-30(36)41-19-28(37)33-32-18-25-26(39-6)16-24(38-5)17-27(25)40-7/h8-18H,19H2,1-7H3,(H,33,37)/b32-18-. The van der Waals surface area contributed by atoms with E-state index in [0.29, 0.717) is 33.8 Å². The van der Waals surface area contributed by atoms with Crippen molar-refractivity contribution in [1.82, 2.24) is 20.2 Å². The molecule has 1 aromatic heterocycles. The quantitative estimate of drug-likeness (QED) is 0.145. The average Bonchev–Trinajstić information content (AvgIpc) is 3.39. The van der Waals surface area contributed by atoms with E-state index in [2.05, 4.69) is 65.8 Å². The largest absolute Gasteiger partial charge is 0.496 e. The summed E-state index contributed by atoms with van der Waals surface area (Å²) in [6, 6.07) is 19.9. The zero-order chi connectivity index (χ0) is 29.6. The highest BCUT2D eigenvalue weighted by Gasteiger charge is 2.19. The van der Waals surface area contributed by atoms with Gasteiger partial charge in [-0.1, -0.05) is 74.5 Å². The fraction of sp³-hybridized carbons (Fsp3) is 0.290. The first-order chi connectivity index (χ1) is 19.6. The number of hydrogen-bond acceptors (Lipinski definition) is 8. The molecular formula is C31H35N5O4S. The SMILES string of the molecule is COc1cc(OC)c(/C=N\NC(=O)CSc2nnc(-c3ccc(C(C)(C)C)cc3)n2-c2ccc(C)cc2)c(OC)c1. The number of hydrazone groups is 1. The number of nitrogens with zero attached hydrogens (tertiary/aromatic N) is 4. The molecule has 0 aliphatic heterocycles. The van der Waals surface area contributed by atoms with Gasteiger partial charge in [0.25, 0.3) is 5.91 Å². The molecule has 0 saturated carbocycles. The second-order valence-corrected chi connectivity index (χ2v) is 11.3. The van der Waals surface area contributed by atoms with E-state index in [-0.39, 0.29) is 17.1 Å². The molecule has 4 aromatic rings. The third kappa shape index (κ3) is 7.07. The average molecular weight is 574 g/mol. The fourth-order valence-corrected chi connectivity index (χ4v) is 4.83. The van der Waals surface area contributed by atoms with Crippen molar-refractivity contribution in [2.45, 2.75) is 38.3 Å². The molecule has 3 aromatic carbocycles. The Morgan fingerprint density at radius 2 is 1.59 bits per heavy atom. The Kier molecular flexibility index (Phi) is 9.34. The van der Waals surface area contributed by atoms with Crippen molar-refractivity contribution in [3.63, 3.8) is 0 Å². The molecule has 1 amide bonds. The summed E-state index contributed by atoms with van der Waals surface area (Å²) >= 11 is 1.28. The van der Waals surface area contributed by atoms with Gasteiger partial charge >= 0.3 is 0 Å². The molecule has 0 spiro atoms. The molecule has 0 bridgehead atoms. The van der Waals surface area contributed by atoms with Gasteiger partial charge in [0, 0.05) is 23.4 Å². The van der Waals surface area contributed by atoms with Crippen LogP contribution in [-0.4, -0.2) is 54.0 Å². The zero-order valence-electron chi connectivity index (χ0n) is 24.4. The van der Waals surface area contributed by atoms with Gasteiger partial charge in [0.2, 0.25) is 0 Å². The van der Waals surface area contributed by atoms with Gasteiger partial charge in [-0.3, -0.25) is 9.36 Å². The predicted molar refractivity (Wildman–Crippen MR) is 163 cm³/mol. The number of thioether (sulfide) groups is 1. The Balaban J connectivity index is 1.53. The minimum atomic E-state index is -0.299. The molecule has 0 aliphatic carbocycles. The van der Waals surface area contributed by atoms with E-state index in [9.17, 15) is 4.79 Å². The van der Waals surface area contributed by atoms with Crippen LogP contribution in [0.4, 0.5) is 0 Å². The summed E-state index contributed by atoms with van der Waals surface area (Å²) in [5.41, 5.74) is 7.42. The van der Waals surface area contributed by atoms with E-state index < -0.39 is 0 Å². The number of carbonyl (C=O) groups excluding carboxylic acids is 1. The molecule has 41 heavy (non-hydrogen) atoms. The lowest BCUT2D eigenvalue weighted by atomic mass is 9.87. The van der Waals surface area contributed by atoms with Crippen molar-refractivity contribution in [3.8, 4) is 34.3 Å². The number of rotatable bonds is 10. The molecule has 1 N–H and O–H groups in total. The monoisotopic (exact) mass is 573 g/mol. The lowest BCUT2D eigenvalue weighted by Crippen LogP contribution is -2.20. The number of hydrogen-bond donors (Lipinski definition) is 1. The van der Waals surface area contributed by atoms with Gasteiger partial charge in [-0.15, -0.1) is 10.2 Å². The van der Waals surface area contributed by atoms with Crippen LogP contribution in [0.15, 0.2) is 70.9 Å². The van der Waals surface area contributed by atoms with Gasteiger partial charge in [-0.05, 0) is 30.0 Å². The van der Waals surface area contributed by atoms with E-state index in [1.54, 1.807) is 19.2 Å². The molecule has 214 valence electrons. The molecule has 0 atom stereocenters. The van der Waals surface area contributed by atoms with Crippen molar-refractivity contribution in [1.29, 1.82) is 0 Å². The van der Waals surface area contributed by atoms with Crippen LogP contribution in [0.1, 0.15) is 37.5 Å². The van der Waals surface area contributed by atoms with E-state index in [1.807, 2.05) is 35.8 Å². The first kappa shape index (κ1) is 29.7. The van der Waals surface area contributed by atoms with Crippen LogP contribution in [0, 0.1) is 6.92 Å². The maximum atomic E-state index is 12.7. The van der Waals surface area contributed by atoms with Crippen LogP contribution in [0.25, 0.3) is 17.1 Å². The minimum absolute atomic E-state index is 0.0453. The van der Waals surface area contributed by atoms with E-state index in [4.69, 9.17) is 14.2 Å². The van der Waals surface area contributed by atoms with Gasteiger partial charge in [0.15, 0.2) is 11.0 Å². The molecular weight excluding hydrogens is 538 g/mol. The Bertz CT molecular complexity index is 1500. The summed E-state index contributed by atoms with van der Waals surface area (Å²) in [5, 5.41) is 13.7.